The predicted molar refractivity (Wildman–Crippen MR) is 114 cm³/mol. The highest BCUT2D eigenvalue weighted by Crippen LogP contribution is 2.45. The third-order valence-electron chi connectivity index (χ3n) is 5.37. The number of aromatic amines is 1. The van der Waals surface area contributed by atoms with Gasteiger partial charge in [0.2, 0.25) is 0 Å². The number of nitrogens with one attached hydrogen (secondary N) is 1. The van der Waals surface area contributed by atoms with Crippen LogP contribution in [-0.2, 0) is 4.74 Å². The topological polar surface area (TPSA) is 88.4 Å². The summed E-state index contributed by atoms with van der Waals surface area (Å²) in [7, 11) is 0. The van der Waals surface area contributed by atoms with E-state index in [0.717, 1.165) is 0 Å². The van der Waals surface area contributed by atoms with Crippen molar-refractivity contribution in [3.05, 3.63) is 95.1 Å². The number of hydrogen-bond acceptors (Lipinski definition) is 5. The Labute approximate surface area is 182 Å². The lowest BCUT2D eigenvalue weighted by atomic mass is 9.97. The van der Waals surface area contributed by atoms with Crippen LogP contribution in [0.3, 0.4) is 0 Å². The first-order valence-electron chi connectivity index (χ1n) is 10.1. The minimum Gasteiger partial charge on any atom is -0.463 e. The molecule has 1 amide bonds. The van der Waals surface area contributed by atoms with Crippen molar-refractivity contribution in [2.24, 2.45) is 0 Å². The van der Waals surface area contributed by atoms with E-state index in [2.05, 4.69) is 10.2 Å². The van der Waals surface area contributed by atoms with Gasteiger partial charge in [-0.3, -0.25) is 14.8 Å². The van der Waals surface area contributed by atoms with E-state index in [1.165, 1.54) is 18.4 Å². The number of H-pyrrole nitrogens is 1. The number of carbonyl (C=O) groups excluding carboxylic acids is 2. The maximum Gasteiger partial charge on any atom is 0.338 e. The van der Waals surface area contributed by atoms with Gasteiger partial charge in [-0.25, -0.2) is 9.18 Å². The highest BCUT2D eigenvalue weighted by Gasteiger charge is 2.43. The number of esters is 1. The molecule has 8 heteroatoms. The molecule has 2 aromatic heterocycles. The molecule has 0 unspecified atom stereocenters. The number of halogens is 1. The molecule has 32 heavy (non-hydrogen) atoms. The summed E-state index contributed by atoms with van der Waals surface area (Å²) in [5.41, 5.74) is 3.16. The Morgan fingerprint density at radius 3 is 2.56 bits per heavy atom. The number of hydrogen-bond donors (Lipinski definition) is 1. The molecule has 0 bridgehead atoms. The van der Waals surface area contributed by atoms with Crippen LogP contribution in [0, 0.1) is 5.82 Å². The molecule has 0 fully saturated rings. The van der Waals surface area contributed by atoms with Crippen LogP contribution in [0.15, 0.2) is 71.3 Å². The van der Waals surface area contributed by atoms with Gasteiger partial charge in [-0.1, -0.05) is 12.1 Å². The number of nitrogens with zero attached hydrogens (tertiary/aromatic N) is 2. The van der Waals surface area contributed by atoms with Gasteiger partial charge in [-0.2, -0.15) is 5.10 Å². The molecule has 5 rings (SSSR count). The van der Waals surface area contributed by atoms with Gasteiger partial charge in [-0.05, 0) is 61.0 Å². The summed E-state index contributed by atoms with van der Waals surface area (Å²) in [6.07, 6.45) is 1.54. The molecule has 1 aliphatic rings. The van der Waals surface area contributed by atoms with Crippen molar-refractivity contribution in [1.29, 1.82) is 0 Å². The number of furan rings is 1. The molecular formula is C24H18FN3O4. The maximum absolute atomic E-state index is 13.6. The average molecular weight is 431 g/mol. The molecule has 0 spiro atoms. The van der Waals surface area contributed by atoms with Gasteiger partial charge in [0.25, 0.3) is 5.91 Å². The molecule has 7 nitrogen and oxygen atoms in total. The largest absolute Gasteiger partial charge is 0.463 e. The molecule has 1 aliphatic heterocycles. The molecule has 1 N–H and O–H groups in total. The minimum atomic E-state index is -0.564. The fraction of sp³-hybridized carbons (Fsp3) is 0.125. The summed E-state index contributed by atoms with van der Waals surface area (Å²) >= 11 is 0. The molecule has 3 heterocycles. The Balaban J connectivity index is 1.62. The van der Waals surface area contributed by atoms with Crippen LogP contribution in [0.2, 0.25) is 0 Å². The van der Waals surface area contributed by atoms with Gasteiger partial charge in [-0.15, -0.1) is 0 Å². The average Bonchev–Trinajstić information content (AvgIpc) is 3.53. The zero-order chi connectivity index (χ0) is 22.2. The Morgan fingerprint density at radius 2 is 1.91 bits per heavy atom. The maximum atomic E-state index is 13.6. The standard InChI is InChI=1S/C24H18FN3O4/c1-2-31-24(30)15-7-11-17(12-8-15)28-22(14-5-9-16(25)10-6-14)19-20(18-4-3-13-32-18)26-27-21(19)23(28)29/h3-13,22H,2H2,1H3,(H,26,27)/t22-/m1/s1. The third-order valence-corrected chi connectivity index (χ3v) is 5.37. The van der Waals surface area contributed by atoms with Crippen molar-refractivity contribution in [2.75, 3.05) is 11.5 Å². The van der Waals surface area contributed by atoms with Gasteiger partial charge >= 0.3 is 5.97 Å². The molecule has 0 radical (unpaired) electrons. The molecule has 160 valence electrons. The van der Waals surface area contributed by atoms with E-state index >= 15 is 0 Å². The van der Waals surface area contributed by atoms with E-state index in [0.29, 0.717) is 33.8 Å². The molecular weight excluding hydrogens is 413 g/mol. The summed E-state index contributed by atoms with van der Waals surface area (Å²) in [5.74, 6) is -0.581. The number of benzene rings is 2. The molecule has 0 saturated carbocycles. The number of anilines is 1. The first kappa shape index (κ1) is 19.7. The van der Waals surface area contributed by atoms with E-state index < -0.39 is 12.0 Å². The van der Waals surface area contributed by atoms with Crippen LogP contribution < -0.4 is 4.90 Å². The lowest BCUT2D eigenvalue weighted by Crippen LogP contribution is -2.29. The molecule has 0 saturated heterocycles. The van der Waals surface area contributed by atoms with Gasteiger partial charge in [0.1, 0.15) is 11.5 Å². The second-order valence-electron chi connectivity index (χ2n) is 7.23. The summed E-state index contributed by atoms with van der Waals surface area (Å²) in [6.45, 7) is 2.01. The van der Waals surface area contributed by atoms with Gasteiger partial charge in [0, 0.05) is 11.3 Å². The third kappa shape index (κ3) is 3.17. The fourth-order valence-electron chi connectivity index (χ4n) is 3.95. The zero-order valence-electron chi connectivity index (χ0n) is 17.0. The lowest BCUT2D eigenvalue weighted by molar-refractivity contribution is 0.0526. The highest BCUT2D eigenvalue weighted by molar-refractivity contribution is 6.11. The van der Waals surface area contributed by atoms with Crippen molar-refractivity contribution in [3.8, 4) is 11.5 Å². The summed E-state index contributed by atoms with van der Waals surface area (Å²) in [5, 5.41) is 7.15. The molecule has 4 aromatic rings. The Morgan fingerprint density at radius 1 is 1.16 bits per heavy atom. The first-order valence-corrected chi connectivity index (χ1v) is 10.1. The predicted octanol–water partition coefficient (Wildman–Crippen LogP) is 4.74. The van der Waals surface area contributed by atoms with Crippen LogP contribution in [0.1, 0.15) is 44.9 Å². The highest BCUT2D eigenvalue weighted by atomic mass is 19.1. The van der Waals surface area contributed by atoms with Crippen molar-refractivity contribution in [2.45, 2.75) is 13.0 Å². The smallest absolute Gasteiger partial charge is 0.338 e. The monoisotopic (exact) mass is 431 g/mol. The normalized spacial score (nSPS) is 15.1. The van der Waals surface area contributed by atoms with Gasteiger partial charge in [0.05, 0.1) is 24.5 Å². The van der Waals surface area contributed by atoms with Crippen molar-refractivity contribution in [1.82, 2.24) is 10.2 Å². The van der Waals surface area contributed by atoms with E-state index in [1.807, 2.05) is 0 Å². The number of aromatic nitrogens is 2. The van der Waals surface area contributed by atoms with E-state index in [-0.39, 0.29) is 24.0 Å². The summed E-state index contributed by atoms with van der Waals surface area (Å²) in [4.78, 5) is 27.0. The second kappa shape index (κ2) is 7.81. The van der Waals surface area contributed by atoms with Crippen molar-refractivity contribution >= 4 is 17.6 Å². The van der Waals surface area contributed by atoms with E-state index in [1.54, 1.807) is 60.4 Å². The fourth-order valence-corrected chi connectivity index (χ4v) is 3.95. The van der Waals surface area contributed by atoms with Gasteiger partial charge < -0.3 is 9.15 Å². The Kier molecular flexibility index (Phi) is 4.82. The second-order valence-corrected chi connectivity index (χ2v) is 7.23. The molecule has 1 atom stereocenters. The minimum absolute atomic E-state index is 0.264. The number of carbonyl (C=O) groups is 2. The quantitative estimate of drug-likeness (QED) is 0.461. The van der Waals surface area contributed by atoms with Crippen LogP contribution in [-0.4, -0.2) is 28.7 Å². The number of fused-ring (bicyclic) bond motifs is 1. The molecule has 2 aromatic carbocycles. The van der Waals surface area contributed by atoms with E-state index in [4.69, 9.17) is 9.15 Å². The van der Waals surface area contributed by atoms with Crippen LogP contribution in [0.4, 0.5) is 10.1 Å². The Hall–Kier alpha value is -4.20. The first-order chi connectivity index (χ1) is 15.6. The van der Waals surface area contributed by atoms with Crippen molar-refractivity contribution < 1.29 is 23.1 Å². The van der Waals surface area contributed by atoms with Crippen LogP contribution >= 0.6 is 0 Å². The molecule has 0 aliphatic carbocycles. The lowest BCUT2D eigenvalue weighted by Gasteiger charge is -2.26. The zero-order valence-corrected chi connectivity index (χ0v) is 17.0. The SMILES string of the molecule is CCOC(=O)c1ccc(N2C(=O)c3n[nH]c(-c4ccco4)c3[C@H]2c2ccc(F)cc2)cc1. The van der Waals surface area contributed by atoms with E-state index in [9.17, 15) is 14.0 Å². The Bertz CT molecular complexity index is 1280. The summed E-state index contributed by atoms with van der Waals surface area (Å²) < 4.78 is 24.2. The number of amides is 1. The van der Waals surface area contributed by atoms with Crippen LogP contribution in [0.5, 0.6) is 0 Å². The summed E-state index contributed by atoms with van der Waals surface area (Å²) in [6, 6.07) is 15.5. The van der Waals surface area contributed by atoms with Crippen molar-refractivity contribution in [3.63, 3.8) is 0 Å². The number of ether oxygens (including phenoxy) is 1. The van der Waals surface area contributed by atoms with Crippen LogP contribution in [0.25, 0.3) is 11.5 Å². The van der Waals surface area contributed by atoms with Gasteiger partial charge in [0.15, 0.2) is 11.5 Å². The number of rotatable bonds is 5.